The number of amides is 2. The molecule has 7 heteroatoms. The van der Waals surface area contributed by atoms with E-state index >= 15 is 0 Å². The molecule has 1 heterocycles. The van der Waals surface area contributed by atoms with Crippen LogP contribution in [0.4, 0.5) is 4.79 Å². The second-order valence-electron chi connectivity index (χ2n) is 9.55. The van der Waals surface area contributed by atoms with E-state index in [4.69, 9.17) is 9.84 Å². The molecule has 0 aromatic heterocycles. The zero-order valence-electron chi connectivity index (χ0n) is 18.5. The number of carboxylic acids is 1. The van der Waals surface area contributed by atoms with Gasteiger partial charge >= 0.3 is 12.1 Å². The lowest BCUT2D eigenvalue weighted by Crippen LogP contribution is -2.61. The second-order valence-corrected chi connectivity index (χ2v) is 9.55. The van der Waals surface area contributed by atoms with E-state index in [1.807, 2.05) is 57.2 Å². The number of carbonyl (C=O) groups excluding carboxylic acids is 2. The van der Waals surface area contributed by atoms with E-state index in [2.05, 4.69) is 17.4 Å². The summed E-state index contributed by atoms with van der Waals surface area (Å²) in [7, 11) is 0. The van der Waals surface area contributed by atoms with E-state index in [0.717, 1.165) is 22.3 Å². The molecule has 2 amide bonds. The number of nitrogens with zero attached hydrogens (tertiary/aromatic N) is 1. The molecule has 0 unspecified atom stereocenters. The first-order valence-electron chi connectivity index (χ1n) is 10.8. The maximum Gasteiger partial charge on any atom is 0.407 e. The molecule has 0 radical (unpaired) electrons. The summed E-state index contributed by atoms with van der Waals surface area (Å²) >= 11 is 0. The molecule has 2 aromatic rings. The molecule has 0 saturated carbocycles. The van der Waals surface area contributed by atoms with Crippen LogP contribution in [0.15, 0.2) is 48.5 Å². The van der Waals surface area contributed by atoms with Crippen LogP contribution in [0.25, 0.3) is 11.1 Å². The summed E-state index contributed by atoms with van der Waals surface area (Å²) in [6.45, 7) is 6.05. The van der Waals surface area contributed by atoms with Crippen molar-refractivity contribution in [1.29, 1.82) is 0 Å². The molecule has 1 aliphatic carbocycles. The van der Waals surface area contributed by atoms with Gasteiger partial charge in [0.1, 0.15) is 12.6 Å². The lowest BCUT2D eigenvalue weighted by Gasteiger charge is -2.41. The summed E-state index contributed by atoms with van der Waals surface area (Å²) < 4.78 is 5.59. The number of hydrogen-bond acceptors (Lipinski definition) is 4. The van der Waals surface area contributed by atoms with Gasteiger partial charge in [0, 0.05) is 19.0 Å². The van der Waals surface area contributed by atoms with Gasteiger partial charge in [-0.25, -0.2) is 4.79 Å². The van der Waals surface area contributed by atoms with Crippen molar-refractivity contribution in [3.63, 3.8) is 0 Å². The largest absolute Gasteiger partial charge is 0.481 e. The zero-order chi connectivity index (χ0) is 23.0. The molecular formula is C25H28N2O5. The SMILES string of the molecule is CC(C)(C)[C@H](NC(=O)OCC1c2ccccc2-c2ccccc21)C(=O)N1CC(C(=O)O)C1. The van der Waals surface area contributed by atoms with E-state index < -0.39 is 29.4 Å². The highest BCUT2D eigenvalue weighted by Gasteiger charge is 2.42. The molecule has 2 aromatic carbocycles. The molecule has 168 valence electrons. The molecule has 1 fully saturated rings. The van der Waals surface area contributed by atoms with Gasteiger partial charge in [-0.05, 0) is 27.7 Å². The molecule has 4 rings (SSSR count). The summed E-state index contributed by atoms with van der Waals surface area (Å²) in [6, 6.07) is 15.4. The maximum atomic E-state index is 12.9. The smallest absolute Gasteiger partial charge is 0.407 e. The van der Waals surface area contributed by atoms with Crippen molar-refractivity contribution in [3.05, 3.63) is 59.7 Å². The number of alkyl carbamates (subject to hydrolysis) is 1. The Morgan fingerprint density at radius 2 is 1.56 bits per heavy atom. The summed E-state index contributed by atoms with van der Waals surface area (Å²) in [5.41, 5.74) is 3.96. The minimum Gasteiger partial charge on any atom is -0.481 e. The van der Waals surface area contributed by atoms with Crippen molar-refractivity contribution in [1.82, 2.24) is 10.2 Å². The molecular weight excluding hydrogens is 408 g/mol. The van der Waals surface area contributed by atoms with Crippen molar-refractivity contribution >= 4 is 18.0 Å². The van der Waals surface area contributed by atoms with Gasteiger partial charge in [-0.15, -0.1) is 0 Å². The molecule has 0 spiro atoms. The van der Waals surface area contributed by atoms with E-state index in [-0.39, 0.29) is 31.5 Å². The van der Waals surface area contributed by atoms with E-state index in [0.29, 0.717) is 0 Å². The van der Waals surface area contributed by atoms with Crippen LogP contribution in [-0.4, -0.2) is 53.7 Å². The number of likely N-dealkylation sites (tertiary alicyclic amines) is 1. The summed E-state index contributed by atoms with van der Waals surface area (Å²) in [6.07, 6.45) is -0.657. The van der Waals surface area contributed by atoms with Crippen LogP contribution in [0.1, 0.15) is 37.8 Å². The lowest BCUT2D eigenvalue weighted by molar-refractivity contribution is -0.154. The molecule has 32 heavy (non-hydrogen) atoms. The number of nitrogens with one attached hydrogen (secondary N) is 1. The average Bonchev–Trinajstić information content (AvgIpc) is 3.02. The second kappa shape index (κ2) is 8.30. The number of carbonyl (C=O) groups is 3. The van der Waals surface area contributed by atoms with Crippen LogP contribution in [0.3, 0.4) is 0 Å². The van der Waals surface area contributed by atoms with Gasteiger partial charge < -0.3 is 20.1 Å². The van der Waals surface area contributed by atoms with Gasteiger partial charge in [-0.3, -0.25) is 9.59 Å². The van der Waals surface area contributed by atoms with Gasteiger partial charge in [-0.1, -0.05) is 69.3 Å². The quantitative estimate of drug-likeness (QED) is 0.748. The lowest BCUT2D eigenvalue weighted by atomic mass is 9.84. The van der Waals surface area contributed by atoms with Gasteiger partial charge in [0.15, 0.2) is 0 Å². The Labute approximate surface area is 187 Å². The molecule has 0 bridgehead atoms. The Morgan fingerprint density at radius 3 is 2.06 bits per heavy atom. The van der Waals surface area contributed by atoms with Crippen LogP contribution in [0.5, 0.6) is 0 Å². The van der Waals surface area contributed by atoms with Crippen LogP contribution in [0, 0.1) is 11.3 Å². The fraction of sp³-hybridized carbons (Fsp3) is 0.400. The number of carboxylic acid groups (broad SMARTS) is 1. The summed E-state index contributed by atoms with van der Waals surface area (Å²) in [4.78, 5) is 38.1. The first-order chi connectivity index (χ1) is 15.2. The van der Waals surface area contributed by atoms with Crippen molar-refractivity contribution in [2.45, 2.75) is 32.7 Å². The number of ether oxygens (including phenoxy) is 1. The highest BCUT2D eigenvalue weighted by atomic mass is 16.5. The fourth-order valence-electron chi connectivity index (χ4n) is 4.40. The number of hydrogen-bond donors (Lipinski definition) is 2. The monoisotopic (exact) mass is 436 g/mol. The van der Waals surface area contributed by atoms with Crippen LogP contribution >= 0.6 is 0 Å². The summed E-state index contributed by atoms with van der Waals surface area (Å²) in [5, 5.41) is 11.8. The third-order valence-electron chi connectivity index (χ3n) is 6.26. The van der Waals surface area contributed by atoms with E-state index in [1.54, 1.807) is 0 Å². The summed E-state index contributed by atoms with van der Waals surface area (Å²) in [5.74, 6) is -1.81. The van der Waals surface area contributed by atoms with Crippen LogP contribution in [-0.2, 0) is 14.3 Å². The van der Waals surface area contributed by atoms with Gasteiger partial charge in [0.2, 0.25) is 5.91 Å². The van der Waals surface area contributed by atoms with Crippen LogP contribution < -0.4 is 5.32 Å². The average molecular weight is 437 g/mol. The maximum absolute atomic E-state index is 12.9. The number of benzene rings is 2. The normalized spacial score (nSPS) is 16.5. The van der Waals surface area contributed by atoms with E-state index in [9.17, 15) is 14.4 Å². The topological polar surface area (TPSA) is 95.9 Å². The Morgan fingerprint density at radius 1 is 1.03 bits per heavy atom. The molecule has 7 nitrogen and oxygen atoms in total. The standard InChI is InChI=1S/C25H28N2O5/c1-25(2,3)21(22(28)27-12-15(13-27)23(29)30)26-24(31)32-14-20-18-10-6-4-8-16(18)17-9-5-7-11-19(17)20/h4-11,15,20-21H,12-14H2,1-3H3,(H,26,31)(H,29,30)/t21-/m1/s1. The Bertz CT molecular complexity index is 1010. The van der Waals surface area contributed by atoms with Crippen molar-refractivity contribution in [2.24, 2.45) is 11.3 Å². The van der Waals surface area contributed by atoms with Crippen molar-refractivity contribution in [2.75, 3.05) is 19.7 Å². The number of fused-ring (bicyclic) bond motifs is 3. The predicted molar refractivity (Wildman–Crippen MR) is 119 cm³/mol. The van der Waals surface area contributed by atoms with Gasteiger partial charge in [0.05, 0.1) is 5.92 Å². The fourth-order valence-corrected chi connectivity index (χ4v) is 4.40. The number of aliphatic carboxylic acids is 1. The van der Waals surface area contributed by atoms with E-state index in [1.165, 1.54) is 4.90 Å². The molecule has 1 aliphatic heterocycles. The molecule has 2 N–H and O–H groups in total. The minimum atomic E-state index is -0.911. The highest BCUT2D eigenvalue weighted by molar-refractivity contribution is 5.88. The van der Waals surface area contributed by atoms with Gasteiger partial charge in [-0.2, -0.15) is 0 Å². The van der Waals surface area contributed by atoms with Crippen molar-refractivity contribution in [3.8, 4) is 11.1 Å². The molecule has 1 atom stereocenters. The molecule has 2 aliphatic rings. The van der Waals surface area contributed by atoms with Crippen molar-refractivity contribution < 1.29 is 24.2 Å². The third kappa shape index (κ3) is 4.07. The first kappa shape index (κ1) is 21.9. The third-order valence-corrected chi connectivity index (χ3v) is 6.26. The Kier molecular flexibility index (Phi) is 5.67. The number of rotatable bonds is 5. The zero-order valence-corrected chi connectivity index (χ0v) is 18.5. The Balaban J connectivity index is 1.42. The minimum absolute atomic E-state index is 0.0661. The van der Waals surface area contributed by atoms with Gasteiger partial charge in [0.25, 0.3) is 0 Å². The molecule has 1 saturated heterocycles. The Hall–Kier alpha value is -3.35. The highest BCUT2D eigenvalue weighted by Crippen LogP contribution is 2.44. The first-order valence-corrected chi connectivity index (χ1v) is 10.8. The predicted octanol–water partition coefficient (Wildman–Crippen LogP) is 3.48. The van der Waals surface area contributed by atoms with Crippen LogP contribution in [0.2, 0.25) is 0 Å².